The maximum atomic E-state index is 13.1. The minimum atomic E-state index is -0.805. The van der Waals surface area contributed by atoms with Gasteiger partial charge >= 0.3 is 0 Å². The van der Waals surface area contributed by atoms with Gasteiger partial charge in [-0.15, -0.1) is 6.58 Å². The number of nitrogens with one attached hydrogen (secondary N) is 1. The molecule has 0 fully saturated rings. The van der Waals surface area contributed by atoms with Gasteiger partial charge in [0.05, 0.1) is 0 Å². The minimum Gasteiger partial charge on any atom is -0.308 e. The van der Waals surface area contributed by atoms with Gasteiger partial charge in [-0.05, 0) is 44.4 Å². The standard InChI is InChI=1S/C14H19F2N/c1-4-5-6-10(2)17-11(3)12-7-8-13(15)14(16)9-12/h4,7-11,17H,1,5-6H2,2-3H3. The average Bonchev–Trinajstić information content (AvgIpc) is 2.30. The molecule has 1 nitrogen and oxygen atoms in total. The van der Waals surface area contributed by atoms with Crippen LogP contribution in [0.2, 0.25) is 0 Å². The van der Waals surface area contributed by atoms with Gasteiger partial charge < -0.3 is 5.32 Å². The molecule has 1 N–H and O–H groups in total. The van der Waals surface area contributed by atoms with Crippen LogP contribution in [0.25, 0.3) is 0 Å². The van der Waals surface area contributed by atoms with Crippen LogP contribution in [0.15, 0.2) is 30.9 Å². The first-order valence-corrected chi connectivity index (χ1v) is 5.86. The van der Waals surface area contributed by atoms with E-state index in [4.69, 9.17) is 0 Å². The smallest absolute Gasteiger partial charge is 0.159 e. The molecular formula is C14H19F2N. The molecule has 94 valence electrons. The molecule has 17 heavy (non-hydrogen) atoms. The third kappa shape index (κ3) is 4.27. The lowest BCUT2D eigenvalue weighted by Crippen LogP contribution is -2.28. The molecule has 0 bridgehead atoms. The van der Waals surface area contributed by atoms with Crippen molar-refractivity contribution in [1.29, 1.82) is 0 Å². The van der Waals surface area contributed by atoms with Crippen molar-refractivity contribution in [3.63, 3.8) is 0 Å². The van der Waals surface area contributed by atoms with E-state index in [1.807, 2.05) is 13.0 Å². The Morgan fingerprint density at radius 1 is 1.29 bits per heavy atom. The second-order valence-corrected chi connectivity index (χ2v) is 4.33. The molecule has 0 radical (unpaired) electrons. The number of hydrogen-bond donors (Lipinski definition) is 1. The molecule has 2 atom stereocenters. The Labute approximate surface area is 102 Å². The highest BCUT2D eigenvalue weighted by Gasteiger charge is 2.11. The summed E-state index contributed by atoms with van der Waals surface area (Å²) in [5.41, 5.74) is 0.759. The predicted octanol–water partition coefficient (Wildman–Crippen LogP) is 3.97. The summed E-state index contributed by atoms with van der Waals surface area (Å²) in [6.07, 6.45) is 3.80. The Bertz CT molecular complexity index is 376. The average molecular weight is 239 g/mol. The maximum Gasteiger partial charge on any atom is 0.159 e. The van der Waals surface area contributed by atoms with Crippen LogP contribution in [0.5, 0.6) is 0 Å². The second-order valence-electron chi connectivity index (χ2n) is 4.33. The van der Waals surface area contributed by atoms with Gasteiger partial charge in [0.15, 0.2) is 11.6 Å². The number of benzene rings is 1. The third-order valence-electron chi connectivity index (χ3n) is 2.78. The third-order valence-corrected chi connectivity index (χ3v) is 2.78. The van der Waals surface area contributed by atoms with Gasteiger partial charge in [-0.25, -0.2) is 8.78 Å². The van der Waals surface area contributed by atoms with Crippen molar-refractivity contribution in [3.05, 3.63) is 48.1 Å². The monoisotopic (exact) mass is 239 g/mol. The highest BCUT2D eigenvalue weighted by molar-refractivity contribution is 5.20. The molecular weight excluding hydrogens is 220 g/mol. The highest BCUT2D eigenvalue weighted by atomic mass is 19.2. The van der Waals surface area contributed by atoms with Gasteiger partial charge in [0.2, 0.25) is 0 Å². The molecule has 0 amide bonds. The van der Waals surface area contributed by atoms with Crippen molar-refractivity contribution in [3.8, 4) is 0 Å². The molecule has 1 aromatic carbocycles. The number of hydrogen-bond acceptors (Lipinski definition) is 1. The number of rotatable bonds is 6. The quantitative estimate of drug-likeness (QED) is 0.741. The van der Waals surface area contributed by atoms with Crippen molar-refractivity contribution < 1.29 is 8.78 Å². The molecule has 0 aliphatic heterocycles. The number of halogens is 2. The Hall–Kier alpha value is -1.22. The van der Waals surface area contributed by atoms with E-state index in [1.165, 1.54) is 6.07 Å². The molecule has 0 spiro atoms. The summed E-state index contributed by atoms with van der Waals surface area (Å²) in [4.78, 5) is 0. The van der Waals surface area contributed by atoms with E-state index >= 15 is 0 Å². The van der Waals surface area contributed by atoms with Gasteiger partial charge in [0.25, 0.3) is 0 Å². The van der Waals surface area contributed by atoms with E-state index in [1.54, 1.807) is 6.07 Å². The summed E-state index contributed by atoms with van der Waals surface area (Å²) in [5.74, 6) is -1.60. The maximum absolute atomic E-state index is 13.1. The summed E-state index contributed by atoms with van der Waals surface area (Å²) < 4.78 is 25.8. The summed E-state index contributed by atoms with van der Waals surface area (Å²) in [6, 6.07) is 4.34. The SMILES string of the molecule is C=CCCC(C)NC(C)c1ccc(F)c(F)c1. The molecule has 0 aliphatic rings. The molecule has 0 aromatic heterocycles. The van der Waals surface area contributed by atoms with Crippen molar-refractivity contribution >= 4 is 0 Å². The molecule has 1 rings (SSSR count). The van der Waals surface area contributed by atoms with Crippen LogP contribution in [-0.4, -0.2) is 6.04 Å². The molecule has 0 saturated carbocycles. The molecule has 0 saturated heterocycles. The van der Waals surface area contributed by atoms with Gasteiger partial charge in [0, 0.05) is 12.1 Å². The summed E-state index contributed by atoms with van der Waals surface area (Å²) in [7, 11) is 0. The van der Waals surface area contributed by atoms with Gasteiger partial charge in [-0.3, -0.25) is 0 Å². The first-order chi connectivity index (χ1) is 8.04. The zero-order valence-corrected chi connectivity index (χ0v) is 10.3. The predicted molar refractivity (Wildman–Crippen MR) is 66.8 cm³/mol. The fraction of sp³-hybridized carbons (Fsp3) is 0.429. The van der Waals surface area contributed by atoms with Crippen LogP contribution in [0.1, 0.15) is 38.3 Å². The Kier molecular flexibility index (Phi) is 5.29. The van der Waals surface area contributed by atoms with Gasteiger partial charge in [-0.1, -0.05) is 12.1 Å². The van der Waals surface area contributed by atoms with Crippen LogP contribution in [-0.2, 0) is 0 Å². The summed E-state index contributed by atoms with van der Waals surface area (Å²) >= 11 is 0. The second kappa shape index (κ2) is 6.50. The van der Waals surface area contributed by atoms with Gasteiger partial charge in [-0.2, -0.15) is 0 Å². The highest BCUT2D eigenvalue weighted by Crippen LogP contribution is 2.17. The first kappa shape index (κ1) is 13.8. The van der Waals surface area contributed by atoms with Crippen LogP contribution in [0, 0.1) is 11.6 Å². The lowest BCUT2D eigenvalue weighted by molar-refractivity contribution is 0.453. The van der Waals surface area contributed by atoms with Crippen LogP contribution < -0.4 is 5.32 Å². The van der Waals surface area contributed by atoms with Crippen molar-refractivity contribution in [2.45, 2.75) is 38.8 Å². The molecule has 3 heteroatoms. The Balaban J connectivity index is 2.59. The largest absolute Gasteiger partial charge is 0.308 e. The van der Waals surface area contributed by atoms with E-state index in [0.717, 1.165) is 24.5 Å². The normalized spacial score (nSPS) is 14.4. The van der Waals surface area contributed by atoms with Crippen molar-refractivity contribution in [2.75, 3.05) is 0 Å². The van der Waals surface area contributed by atoms with Crippen molar-refractivity contribution in [2.24, 2.45) is 0 Å². The van der Waals surface area contributed by atoms with E-state index in [9.17, 15) is 8.78 Å². The lowest BCUT2D eigenvalue weighted by Gasteiger charge is -2.20. The van der Waals surface area contributed by atoms with Crippen LogP contribution >= 0.6 is 0 Å². The molecule has 0 aliphatic carbocycles. The Morgan fingerprint density at radius 2 is 2.00 bits per heavy atom. The first-order valence-electron chi connectivity index (χ1n) is 5.86. The molecule has 1 aromatic rings. The van der Waals surface area contributed by atoms with E-state index in [-0.39, 0.29) is 6.04 Å². The van der Waals surface area contributed by atoms with Crippen molar-refractivity contribution in [1.82, 2.24) is 5.32 Å². The topological polar surface area (TPSA) is 12.0 Å². The molecule has 0 heterocycles. The Morgan fingerprint density at radius 3 is 2.59 bits per heavy atom. The van der Waals surface area contributed by atoms with E-state index in [2.05, 4.69) is 18.8 Å². The van der Waals surface area contributed by atoms with E-state index in [0.29, 0.717) is 6.04 Å². The zero-order valence-electron chi connectivity index (χ0n) is 10.3. The number of allylic oxidation sites excluding steroid dienone is 1. The fourth-order valence-electron chi connectivity index (χ4n) is 1.76. The summed E-state index contributed by atoms with van der Waals surface area (Å²) in [5, 5.41) is 3.34. The van der Waals surface area contributed by atoms with Crippen LogP contribution in [0.3, 0.4) is 0 Å². The summed E-state index contributed by atoms with van der Waals surface area (Å²) in [6.45, 7) is 7.68. The van der Waals surface area contributed by atoms with Gasteiger partial charge in [0.1, 0.15) is 0 Å². The lowest BCUT2D eigenvalue weighted by atomic mass is 10.1. The minimum absolute atomic E-state index is 0.00455. The fourth-order valence-corrected chi connectivity index (χ4v) is 1.76. The van der Waals surface area contributed by atoms with Crippen LogP contribution in [0.4, 0.5) is 8.78 Å². The zero-order chi connectivity index (χ0) is 12.8. The molecule has 2 unspecified atom stereocenters. The van der Waals surface area contributed by atoms with E-state index < -0.39 is 11.6 Å².